The number of anilines is 1. The maximum atomic E-state index is 13.4. The van der Waals surface area contributed by atoms with Gasteiger partial charge in [-0.2, -0.15) is 0 Å². The van der Waals surface area contributed by atoms with E-state index in [2.05, 4.69) is 22.2 Å². The number of rotatable bonds is 8. The number of benzene rings is 2. The Hall–Kier alpha value is -4.40. The Morgan fingerprint density at radius 3 is 2.88 bits per heavy atom. The summed E-state index contributed by atoms with van der Waals surface area (Å²) in [6, 6.07) is 11.4. The number of nitrogens with zero attached hydrogens (tertiary/aromatic N) is 3. The van der Waals surface area contributed by atoms with E-state index >= 15 is 0 Å². The maximum absolute atomic E-state index is 13.4. The van der Waals surface area contributed by atoms with Gasteiger partial charge in [-0.1, -0.05) is 18.7 Å². The third-order valence-corrected chi connectivity index (χ3v) is 5.74. The third kappa shape index (κ3) is 3.92. The number of ether oxygens (including phenoxy) is 2. The zero-order valence-electron chi connectivity index (χ0n) is 18.6. The van der Waals surface area contributed by atoms with Crippen LogP contribution < -0.4 is 36.2 Å². The summed E-state index contributed by atoms with van der Waals surface area (Å²) in [4.78, 5) is 33.4. The summed E-state index contributed by atoms with van der Waals surface area (Å²) < 4.78 is 12.3. The van der Waals surface area contributed by atoms with Crippen molar-refractivity contribution in [2.45, 2.75) is 13.3 Å². The van der Waals surface area contributed by atoms with Crippen LogP contribution in [0.3, 0.4) is 0 Å². The molecule has 0 unspecified atom stereocenters. The van der Waals surface area contributed by atoms with E-state index in [4.69, 9.17) is 14.5 Å². The first kappa shape index (κ1) is 21.4. The highest BCUT2D eigenvalue weighted by atomic mass is 16.7. The highest BCUT2D eigenvalue weighted by Crippen LogP contribution is 2.32. The molecule has 0 saturated heterocycles. The van der Waals surface area contributed by atoms with Crippen LogP contribution in [0, 0.1) is 6.92 Å². The second kappa shape index (κ2) is 8.86. The fraction of sp³-hybridized carbons (Fsp3) is 0.200. The molecule has 2 N–H and O–H groups in total. The number of hydrogen-bond acceptors (Lipinski definition) is 7. The Kier molecular flexibility index (Phi) is 5.59. The molecular formula is C25H23N5O4. The quantitative estimate of drug-likeness (QED) is 0.490. The molecule has 1 aromatic heterocycles. The summed E-state index contributed by atoms with van der Waals surface area (Å²) in [6.07, 6.45) is 2.93. The summed E-state index contributed by atoms with van der Waals surface area (Å²) in [5, 5.41) is 7.39. The summed E-state index contributed by atoms with van der Waals surface area (Å²) in [7, 11) is 0. The lowest BCUT2D eigenvalue weighted by Crippen LogP contribution is -2.27. The topological polar surface area (TPSA) is 107 Å². The molecule has 5 rings (SSSR count). The number of nitrogens with one attached hydrogen (secondary N) is 2. The fourth-order valence-corrected chi connectivity index (χ4v) is 4.07. The SMILES string of the molecule is C=c1ccc2c(c1)C(CNC=O)=C(n1c(C)cnc(NCCc3ccc4c(c3)OCO4)c1=O)N=2. The van der Waals surface area contributed by atoms with Crippen molar-refractivity contribution in [2.75, 3.05) is 25.2 Å². The number of carbonyl (C=O) groups excluding carboxylic acids is 1. The van der Waals surface area contributed by atoms with Gasteiger partial charge in [-0.15, -0.1) is 0 Å². The number of carbonyl (C=O) groups is 1. The molecule has 3 heterocycles. The van der Waals surface area contributed by atoms with Crippen LogP contribution in [0.1, 0.15) is 16.8 Å². The fourth-order valence-electron chi connectivity index (χ4n) is 4.07. The first-order valence-electron chi connectivity index (χ1n) is 10.8. The zero-order valence-corrected chi connectivity index (χ0v) is 18.6. The first-order chi connectivity index (χ1) is 16.5. The second-order valence-corrected chi connectivity index (χ2v) is 8.02. The predicted molar refractivity (Wildman–Crippen MR) is 128 cm³/mol. The number of hydrogen-bond donors (Lipinski definition) is 2. The molecule has 0 spiro atoms. The zero-order chi connectivity index (χ0) is 23.7. The molecule has 172 valence electrons. The minimum absolute atomic E-state index is 0.227. The van der Waals surface area contributed by atoms with E-state index in [-0.39, 0.29) is 24.7 Å². The molecule has 0 fully saturated rings. The molecule has 0 aliphatic carbocycles. The molecule has 0 saturated carbocycles. The van der Waals surface area contributed by atoms with Crippen molar-refractivity contribution in [3.63, 3.8) is 0 Å². The molecule has 34 heavy (non-hydrogen) atoms. The van der Waals surface area contributed by atoms with Crippen molar-refractivity contribution in [1.29, 1.82) is 0 Å². The van der Waals surface area contributed by atoms with E-state index in [0.717, 1.165) is 38.8 Å². The molecule has 9 nitrogen and oxygen atoms in total. The Bertz CT molecular complexity index is 1490. The molecule has 9 heteroatoms. The summed E-state index contributed by atoms with van der Waals surface area (Å²) in [5.74, 6) is 2.16. The lowest BCUT2D eigenvalue weighted by Gasteiger charge is -2.14. The molecule has 2 aliphatic heterocycles. The van der Waals surface area contributed by atoms with Crippen molar-refractivity contribution < 1.29 is 14.3 Å². The van der Waals surface area contributed by atoms with Crippen LogP contribution in [-0.2, 0) is 11.2 Å². The normalized spacial score (nSPS) is 13.4. The Morgan fingerprint density at radius 1 is 1.18 bits per heavy atom. The van der Waals surface area contributed by atoms with Crippen LogP contribution in [0.2, 0.25) is 0 Å². The van der Waals surface area contributed by atoms with Gasteiger partial charge in [0.05, 0.1) is 5.36 Å². The van der Waals surface area contributed by atoms with E-state index < -0.39 is 0 Å². The molecule has 3 aromatic rings. The lowest BCUT2D eigenvalue weighted by atomic mass is 10.1. The molecule has 0 bridgehead atoms. The van der Waals surface area contributed by atoms with Gasteiger partial charge in [0.25, 0.3) is 5.56 Å². The summed E-state index contributed by atoms with van der Waals surface area (Å²) in [6.45, 7) is 6.75. The maximum Gasteiger partial charge on any atom is 0.299 e. The first-order valence-corrected chi connectivity index (χ1v) is 10.8. The largest absolute Gasteiger partial charge is 0.454 e. The predicted octanol–water partition coefficient (Wildman–Crippen LogP) is 1.05. The number of aryl methyl sites for hydroxylation is 1. The van der Waals surface area contributed by atoms with Gasteiger partial charge in [0.1, 0.15) is 5.82 Å². The average Bonchev–Trinajstić information content (AvgIpc) is 3.43. The standard InChI is InChI=1S/C25H23N5O4/c1-15-3-5-20-18(9-15)19(12-26-13-31)24(29-20)30-16(2)11-28-23(25(30)32)27-8-7-17-4-6-21-22(10-17)34-14-33-21/h3-6,9-11,13H,1,7-8,12,14H2,2H3,(H,26,31)(H,27,28). The third-order valence-electron chi connectivity index (χ3n) is 5.74. The van der Waals surface area contributed by atoms with E-state index in [1.165, 1.54) is 4.57 Å². The van der Waals surface area contributed by atoms with Gasteiger partial charge in [0, 0.05) is 36.1 Å². The van der Waals surface area contributed by atoms with Gasteiger partial charge in [0.2, 0.25) is 13.2 Å². The van der Waals surface area contributed by atoms with Gasteiger partial charge in [-0.3, -0.25) is 14.2 Å². The smallest absolute Gasteiger partial charge is 0.299 e. The highest BCUT2D eigenvalue weighted by molar-refractivity contribution is 5.87. The van der Waals surface area contributed by atoms with Crippen molar-refractivity contribution >= 4 is 30.2 Å². The molecule has 1 amide bonds. The summed E-state index contributed by atoms with van der Waals surface area (Å²) >= 11 is 0. The molecular weight excluding hydrogens is 434 g/mol. The van der Waals surface area contributed by atoms with Crippen molar-refractivity contribution in [2.24, 2.45) is 4.99 Å². The van der Waals surface area contributed by atoms with E-state index in [0.29, 0.717) is 30.9 Å². The lowest BCUT2D eigenvalue weighted by molar-refractivity contribution is -0.109. The van der Waals surface area contributed by atoms with Crippen LogP contribution >= 0.6 is 0 Å². The number of aromatic nitrogens is 2. The minimum atomic E-state index is -0.310. The molecule has 2 aromatic carbocycles. The van der Waals surface area contributed by atoms with Crippen molar-refractivity contribution in [3.05, 3.63) is 80.3 Å². The Morgan fingerprint density at radius 2 is 2.03 bits per heavy atom. The van der Waals surface area contributed by atoms with E-state index in [9.17, 15) is 9.59 Å². The highest BCUT2D eigenvalue weighted by Gasteiger charge is 2.22. The van der Waals surface area contributed by atoms with Gasteiger partial charge in [0.15, 0.2) is 17.3 Å². The van der Waals surface area contributed by atoms with Crippen LogP contribution in [0.25, 0.3) is 18.0 Å². The van der Waals surface area contributed by atoms with E-state index in [1.54, 1.807) is 13.1 Å². The van der Waals surface area contributed by atoms with Crippen LogP contribution in [0.5, 0.6) is 11.5 Å². The molecule has 0 radical (unpaired) electrons. The second-order valence-electron chi connectivity index (χ2n) is 8.02. The van der Waals surface area contributed by atoms with Crippen LogP contribution in [-0.4, -0.2) is 35.8 Å². The van der Waals surface area contributed by atoms with Crippen molar-refractivity contribution in [3.8, 4) is 11.5 Å². The van der Waals surface area contributed by atoms with Gasteiger partial charge in [-0.25, -0.2) is 9.98 Å². The van der Waals surface area contributed by atoms with Gasteiger partial charge in [-0.05, 0) is 48.4 Å². The molecule has 0 atom stereocenters. The minimum Gasteiger partial charge on any atom is -0.454 e. The number of amides is 1. The Balaban J connectivity index is 1.44. The monoisotopic (exact) mass is 457 g/mol. The number of fused-ring (bicyclic) bond motifs is 2. The van der Waals surface area contributed by atoms with Crippen molar-refractivity contribution in [1.82, 2.24) is 14.9 Å². The van der Waals surface area contributed by atoms with Gasteiger partial charge < -0.3 is 20.1 Å². The van der Waals surface area contributed by atoms with Crippen LogP contribution in [0.4, 0.5) is 5.82 Å². The average molecular weight is 457 g/mol. The summed E-state index contributed by atoms with van der Waals surface area (Å²) in [5.41, 5.74) is 2.97. The van der Waals surface area contributed by atoms with E-state index in [1.807, 2.05) is 36.4 Å². The Labute approximate surface area is 195 Å². The van der Waals surface area contributed by atoms with Gasteiger partial charge >= 0.3 is 0 Å². The van der Waals surface area contributed by atoms with Crippen LogP contribution in [0.15, 0.2) is 52.4 Å². The molecule has 2 aliphatic rings.